The first-order valence-corrected chi connectivity index (χ1v) is 11.5. The van der Waals surface area contributed by atoms with Crippen molar-refractivity contribution in [1.82, 2.24) is 9.97 Å². The van der Waals surface area contributed by atoms with Gasteiger partial charge >= 0.3 is 6.01 Å². The highest BCUT2D eigenvalue weighted by Crippen LogP contribution is 2.21. The Hall–Kier alpha value is -3.92. The van der Waals surface area contributed by atoms with Crippen molar-refractivity contribution >= 4 is 27.3 Å². The fourth-order valence-corrected chi connectivity index (χ4v) is 3.79. The normalized spacial score (nSPS) is 11.2. The molecule has 172 valence electrons. The lowest BCUT2D eigenvalue weighted by atomic mass is 10.1. The second-order valence-corrected chi connectivity index (χ2v) is 8.49. The quantitative estimate of drug-likeness (QED) is 0.342. The molecule has 0 bridgehead atoms. The summed E-state index contributed by atoms with van der Waals surface area (Å²) < 4.78 is 37.7. The number of carbonyl (C=O) groups excluding carboxylic acids is 1. The van der Waals surface area contributed by atoms with Gasteiger partial charge in [0.15, 0.2) is 11.6 Å². The second-order valence-electron chi connectivity index (χ2n) is 6.80. The number of benzene rings is 2. The van der Waals surface area contributed by atoms with E-state index in [9.17, 15) is 13.2 Å². The topological polar surface area (TPSA) is 120 Å². The summed E-state index contributed by atoms with van der Waals surface area (Å²) in [6, 6.07) is 14.8. The lowest BCUT2D eigenvalue weighted by Crippen LogP contribution is -2.14. The van der Waals surface area contributed by atoms with E-state index < -0.39 is 10.0 Å². The molecule has 0 amide bonds. The van der Waals surface area contributed by atoms with Gasteiger partial charge in [-0.2, -0.15) is 9.97 Å². The number of hydrogen-bond donors (Lipinski definition) is 2. The maximum atomic E-state index is 12.7. The number of methoxy groups -OCH3 is 2. The number of carbonyl (C=O) groups is 1. The summed E-state index contributed by atoms with van der Waals surface area (Å²) in [5.74, 6) is 0.0281. The molecule has 0 atom stereocenters. The molecule has 1 heterocycles. The number of ketones is 1. The van der Waals surface area contributed by atoms with Gasteiger partial charge < -0.3 is 14.8 Å². The van der Waals surface area contributed by atoms with Crippen molar-refractivity contribution in [2.45, 2.75) is 18.2 Å². The number of nitrogens with zero attached hydrogens (tertiary/aromatic N) is 2. The van der Waals surface area contributed by atoms with Crippen LogP contribution in [0.25, 0.3) is 0 Å². The fraction of sp³-hybridized carbons (Fsp3) is 0.174. The molecule has 3 rings (SSSR count). The van der Waals surface area contributed by atoms with E-state index in [0.29, 0.717) is 11.3 Å². The van der Waals surface area contributed by atoms with Crippen LogP contribution in [0.15, 0.2) is 71.8 Å². The molecule has 9 nitrogen and oxygen atoms in total. The number of allylic oxidation sites excluding steroid dienone is 1. The van der Waals surface area contributed by atoms with E-state index in [1.807, 2.05) is 12.1 Å². The molecule has 0 unspecified atom stereocenters. The Morgan fingerprint density at radius 3 is 2.30 bits per heavy atom. The molecule has 0 saturated carbocycles. The number of sulfonamides is 1. The van der Waals surface area contributed by atoms with Crippen molar-refractivity contribution in [3.63, 3.8) is 0 Å². The summed E-state index contributed by atoms with van der Waals surface area (Å²) in [7, 11) is -1.14. The standard InChI is InChI=1S/C23H24N4O5S/c1-4-16-5-7-17(8-6-16)20(28)13-14-24-18-9-11-19(12-10-18)33(29,30)27-21-15-22(31-2)26-23(25-21)32-3/h5-15,24H,4H2,1-3H3,(H,25,26,27)/b14-13-. The summed E-state index contributed by atoms with van der Waals surface area (Å²) in [5, 5.41) is 2.96. The zero-order chi connectivity index (χ0) is 23.8. The van der Waals surface area contributed by atoms with Crippen molar-refractivity contribution in [2.24, 2.45) is 0 Å². The maximum absolute atomic E-state index is 12.7. The highest BCUT2D eigenvalue weighted by molar-refractivity contribution is 7.92. The number of aromatic nitrogens is 2. The highest BCUT2D eigenvalue weighted by atomic mass is 32.2. The molecule has 33 heavy (non-hydrogen) atoms. The molecule has 0 radical (unpaired) electrons. The van der Waals surface area contributed by atoms with E-state index in [1.54, 1.807) is 24.3 Å². The summed E-state index contributed by atoms with van der Waals surface area (Å²) in [6.45, 7) is 2.05. The van der Waals surface area contributed by atoms with E-state index in [2.05, 4.69) is 26.9 Å². The number of hydrogen-bond acceptors (Lipinski definition) is 8. The average molecular weight is 469 g/mol. The minimum atomic E-state index is -3.91. The third-order valence-corrected chi connectivity index (χ3v) is 5.98. The van der Waals surface area contributed by atoms with Crippen LogP contribution in [-0.2, 0) is 16.4 Å². The van der Waals surface area contributed by atoms with Crippen LogP contribution in [0, 0.1) is 0 Å². The minimum Gasteiger partial charge on any atom is -0.481 e. The predicted molar refractivity (Wildman–Crippen MR) is 125 cm³/mol. The van der Waals surface area contributed by atoms with Crippen LogP contribution in [0.2, 0.25) is 0 Å². The molecule has 0 aliphatic heterocycles. The van der Waals surface area contributed by atoms with E-state index in [-0.39, 0.29) is 28.4 Å². The predicted octanol–water partition coefficient (Wildman–Crippen LogP) is 3.67. The molecule has 0 saturated heterocycles. The molecule has 2 aromatic carbocycles. The van der Waals surface area contributed by atoms with Gasteiger partial charge in [0.1, 0.15) is 0 Å². The lowest BCUT2D eigenvalue weighted by Gasteiger charge is -2.10. The molecule has 0 spiro atoms. The number of ether oxygens (including phenoxy) is 2. The molecule has 2 N–H and O–H groups in total. The largest absolute Gasteiger partial charge is 0.481 e. The molecular formula is C23H24N4O5S. The zero-order valence-corrected chi connectivity index (χ0v) is 19.2. The van der Waals surface area contributed by atoms with Crippen LogP contribution >= 0.6 is 0 Å². The van der Waals surface area contributed by atoms with E-state index in [4.69, 9.17) is 9.47 Å². The van der Waals surface area contributed by atoms with E-state index in [1.165, 1.54) is 44.7 Å². The minimum absolute atomic E-state index is 0.00863. The molecular weight excluding hydrogens is 444 g/mol. The number of aryl methyl sites for hydroxylation is 1. The number of rotatable bonds is 10. The first kappa shape index (κ1) is 23.7. The van der Waals surface area contributed by atoms with Crippen molar-refractivity contribution in [1.29, 1.82) is 0 Å². The summed E-state index contributed by atoms with van der Waals surface area (Å²) in [6.07, 6.45) is 3.84. The van der Waals surface area contributed by atoms with E-state index >= 15 is 0 Å². The first-order valence-electron chi connectivity index (χ1n) is 10.0. The third kappa shape index (κ3) is 6.30. The molecule has 10 heteroatoms. The van der Waals surface area contributed by atoms with Gasteiger partial charge in [-0.3, -0.25) is 9.52 Å². The monoisotopic (exact) mass is 468 g/mol. The Morgan fingerprint density at radius 2 is 1.70 bits per heavy atom. The first-order chi connectivity index (χ1) is 15.8. The number of anilines is 2. The maximum Gasteiger partial charge on any atom is 0.321 e. The van der Waals surface area contributed by atoms with Crippen LogP contribution in [0.1, 0.15) is 22.8 Å². The van der Waals surface area contributed by atoms with Gasteiger partial charge in [0, 0.05) is 29.6 Å². The van der Waals surface area contributed by atoms with Gasteiger partial charge in [0.2, 0.25) is 5.88 Å². The highest BCUT2D eigenvalue weighted by Gasteiger charge is 2.16. The molecule has 0 aliphatic rings. The number of nitrogens with one attached hydrogen (secondary N) is 2. The van der Waals surface area contributed by atoms with E-state index in [0.717, 1.165) is 12.0 Å². The third-order valence-electron chi connectivity index (χ3n) is 4.61. The molecule has 1 aromatic heterocycles. The average Bonchev–Trinajstić information content (AvgIpc) is 2.83. The van der Waals surface area contributed by atoms with Crippen molar-refractivity contribution in [2.75, 3.05) is 24.3 Å². The Balaban J connectivity index is 1.65. The zero-order valence-electron chi connectivity index (χ0n) is 18.4. The van der Waals surface area contributed by atoms with Gasteiger partial charge in [0.05, 0.1) is 19.1 Å². The van der Waals surface area contributed by atoms with Crippen LogP contribution in [0.4, 0.5) is 11.5 Å². The van der Waals surface area contributed by atoms with Crippen molar-refractivity contribution < 1.29 is 22.7 Å². The van der Waals surface area contributed by atoms with Crippen LogP contribution in [0.5, 0.6) is 11.9 Å². The van der Waals surface area contributed by atoms with Gasteiger partial charge in [-0.15, -0.1) is 0 Å². The molecule has 0 fully saturated rings. The van der Waals surface area contributed by atoms with Crippen molar-refractivity contribution in [3.05, 3.63) is 78.0 Å². The van der Waals surface area contributed by atoms with Crippen molar-refractivity contribution in [3.8, 4) is 11.9 Å². The summed E-state index contributed by atoms with van der Waals surface area (Å²) >= 11 is 0. The smallest absolute Gasteiger partial charge is 0.321 e. The Kier molecular flexibility index (Phi) is 7.62. The SMILES string of the molecule is CCc1ccc(C(=O)/C=C\Nc2ccc(S(=O)(=O)Nc3cc(OC)nc(OC)n3)cc2)cc1. The van der Waals surface area contributed by atoms with Gasteiger partial charge in [-0.05, 0) is 36.2 Å². The fourth-order valence-electron chi connectivity index (χ4n) is 2.79. The summed E-state index contributed by atoms with van der Waals surface area (Å²) in [5.41, 5.74) is 2.37. The summed E-state index contributed by atoms with van der Waals surface area (Å²) in [4.78, 5) is 20.2. The second kappa shape index (κ2) is 10.6. The lowest BCUT2D eigenvalue weighted by molar-refractivity contribution is 0.104. The Morgan fingerprint density at radius 1 is 1.00 bits per heavy atom. The Labute approximate surface area is 192 Å². The van der Waals surface area contributed by atoms with Crippen LogP contribution in [0.3, 0.4) is 0 Å². The van der Waals surface area contributed by atoms with Gasteiger partial charge in [-0.1, -0.05) is 31.2 Å². The molecule has 0 aliphatic carbocycles. The molecule has 3 aromatic rings. The van der Waals surface area contributed by atoms with Crippen LogP contribution in [-0.4, -0.2) is 38.4 Å². The Bertz CT molecular complexity index is 1220. The van der Waals surface area contributed by atoms with Gasteiger partial charge in [0.25, 0.3) is 10.0 Å². The van der Waals surface area contributed by atoms with Gasteiger partial charge in [-0.25, -0.2) is 8.42 Å². The van der Waals surface area contributed by atoms with Crippen LogP contribution < -0.4 is 19.5 Å².